The molecule has 0 aliphatic heterocycles. The first-order chi connectivity index (χ1) is 9.11. The average molecular weight is 279 g/mol. The minimum Gasteiger partial charge on any atom is -0.398 e. The van der Waals surface area contributed by atoms with E-state index < -0.39 is 10.8 Å². The van der Waals surface area contributed by atoms with Gasteiger partial charge in [0.15, 0.2) is 5.82 Å². The van der Waals surface area contributed by atoms with Crippen molar-refractivity contribution in [3.63, 3.8) is 0 Å². The largest absolute Gasteiger partial charge is 0.398 e. The number of nitrogen functional groups attached to an aromatic ring is 1. The number of benzene rings is 1. The highest BCUT2D eigenvalue weighted by Crippen LogP contribution is 2.21. The van der Waals surface area contributed by atoms with E-state index >= 15 is 0 Å². The molecule has 102 valence electrons. The lowest BCUT2D eigenvalue weighted by Gasteiger charge is -2.06. The number of nitrogens with two attached hydrogens (primary N) is 1. The first kappa shape index (κ1) is 13.7. The van der Waals surface area contributed by atoms with Crippen LogP contribution in [0.2, 0.25) is 0 Å². The van der Waals surface area contributed by atoms with Crippen molar-refractivity contribution in [2.45, 2.75) is 20.4 Å². The molecule has 2 N–H and O–H groups in total. The lowest BCUT2D eigenvalue weighted by atomic mass is 10.1. The normalized spacial score (nSPS) is 12.5. The van der Waals surface area contributed by atoms with Gasteiger partial charge in [0.2, 0.25) is 0 Å². The van der Waals surface area contributed by atoms with Gasteiger partial charge >= 0.3 is 0 Å². The highest BCUT2D eigenvalue weighted by Gasteiger charge is 2.10. The smallest absolute Gasteiger partial charge is 0.182 e. The van der Waals surface area contributed by atoms with Gasteiger partial charge < -0.3 is 5.73 Å². The monoisotopic (exact) mass is 279 g/mol. The van der Waals surface area contributed by atoms with Crippen molar-refractivity contribution in [2.75, 3.05) is 17.2 Å². The van der Waals surface area contributed by atoms with Crippen molar-refractivity contribution in [3.8, 4) is 11.4 Å². The predicted molar refractivity (Wildman–Crippen MR) is 76.0 cm³/mol. The van der Waals surface area contributed by atoms with Crippen LogP contribution in [0.1, 0.15) is 12.5 Å². The summed E-state index contributed by atoms with van der Waals surface area (Å²) in [6, 6.07) is 5.73. The Labute approximate surface area is 114 Å². The number of hydrogen-bond acceptors (Lipinski definition) is 5. The Hall–Kier alpha value is -1.76. The molecule has 0 saturated heterocycles. The van der Waals surface area contributed by atoms with Crippen molar-refractivity contribution < 1.29 is 4.21 Å². The Kier molecular flexibility index (Phi) is 4.26. The molecule has 2 aromatic rings. The number of rotatable bonds is 5. The average Bonchev–Trinajstić information content (AvgIpc) is 2.87. The molecule has 19 heavy (non-hydrogen) atoms. The molecule has 7 heteroatoms. The zero-order valence-electron chi connectivity index (χ0n) is 11.0. The maximum Gasteiger partial charge on any atom is 0.182 e. The second-order valence-electron chi connectivity index (χ2n) is 4.23. The van der Waals surface area contributed by atoms with E-state index in [4.69, 9.17) is 5.73 Å². The van der Waals surface area contributed by atoms with Gasteiger partial charge in [-0.1, -0.05) is 19.1 Å². The third-order valence-corrected chi connectivity index (χ3v) is 4.20. The first-order valence-corrected chi connectivity index (χ1v) is 7.58. The fraction of sp³-hybridized carbons (Fsp3) is 0.417. The van der Waals surface area contributed by atoms with Crippen LogP contribution in [0.4, 0.5) is 5.69 Å². The van der Waals surface area contributed by atoms with E-state index in [0.717, 1.165) is 11.1 Å². The quantitative estimate of drug-likeness (QED) is 0.825. The Balaban J connectivity index is 2.23. The summed E-state index contributed by atoms with van der Waals surface area (Å²) in [6.45, 7) is 4.39. The van der Waals surface area contributed by atoms with Crippen LogP contribution in [-0.4, -0.2) is 35.9 Å². The van der Waals surface area contributed by atoms with Crippen LogP contribution in [0.5, 0.6) is 0 Å². The van der Waals surface area contributed by atoms with Crippen molar-refractivity contribution >= 4 is 16.5 Å². The van der Waals surface area contributed by atoms with Gasteiger partial charge in [0.05, 0.1) is 6.54 Å². The van der Waals surface area contributed by atoms with Crippen molar-refractivity contribution in [1.29, 1.82) is 0 Å². The van der Waals surface area contributed by atoms with Gasteiger partial charge in [-0.3, -0.25) is 4.21 Å². The fourth-order valence-electron chi connectivity index (χ4n) is 1.67. The van der Waals surface area contributed by atoms with Crippen molar-refractivity contribution in [1.82, 2.24) is 20.2 Å². The molecule has 1 heterocycles. The highest BCUT2D eigenvalue weighted by atomic mass is 32.2. The summed E-state index contributed by atoms with van der Waals surface area (Å²) in [6.07, 6.45) is 0. The SMILES string of the molecule is CCS(=O)CCn1nnnc1-c1ccc(C)c(N)c1. The van der Waals surface area contributed by atoms with E-state index in [-0.39, 0.29) is 0 Å². The molecule has 0 radical (unpaired) electrons. The lowest BCUT2D eigenvalue weighted by molar-refractivity contribution is 0.624. The molecule has 0 aliphatic rings. The molecular formula is C12H17N5OS. The Morgan fingerprint density at radius 1 is 1.42 bits per heavy atom. The van der Waals surface area contributed by atoms with Crippen LogP contribution < -0.4 is 5.73 Å². The van der Waals surface area contributed by atoms with Gasteiger partial charge in [-0.05, 0) is 29.0 Å². The summed E-state index contributed by atoms with van der Waals surface area (Å²) in [5.41, 5.74) is 8.50. The maximum absolute atomic E-state index is 11.5. The molecule has 1 unspecified atom stereocenters. The zero-order chi connectivity index (χ0) is 13.8. The Morgan fingerprint density at radius 2 is 2.21 bits per heavy atom. The molecule has 1 aromatic carbocycles. The van der Waals surface area contributed by atoms with Crippen LogP contribution in [0, 0.1) is 6.92 Å². The van der Waals surface area contributed by atoms with Crippen molar-refractivity contribution in [2.24, 2.45) is 0 Å². The third kappa shape index (κ3) is 3.17. The Bertz CT molecular complexity index is 596. The van der Waals surface area contributed by atoms with Gasteiger partial charge in [-0.2, -0.15) is 0 Å². The molecule has 1 aromatic heterocycles. The molecule has 6 nitrogen and oxygen atoms in total. The van der Waals surface area contributed by atoms with Gasteiger partial charge in [-0.15, -0.1) is 5.10 Å². The molecule has 0 fully saturated rings. The number of tetrazole rings is 1. The number of anilines is 1. The van der Waals surface area contributed by atoms with E-state index in [0.29, 0.717) is 29.6 Å². The summed E-state index contributed by atoms with van der Waals surface area (Å²) in [5, 5.41) is 11.6. The van der Waals surface area contributed by atoms with Crippen LogP contribution in [0.3, 0.4) is 0 Å². The van der Waals surface area contributed by atoms with Gasteiger partial charge in [0.1, 0.15) is 0 Å². The second kappa shape index (κ2) is 5.92. The van der Waals surface area contributed by atoms with Gasteiger partial charge in [0, 0.05) is 33.6 Å². The molecule has 0 spiro atoms. The van der Waals surface area contributed by atoms with E-state index in [1.807, 2.05) is 32.0 Å². The number of hydrogen-bond donors (Lipinski definition) is 1. The first-order valence-electron chi connectivity index (χ1n) is 6.09. The van der Waals surface area contributed by atoms with E-state index in [9.17, 15) is 4.21 Å². The molecule has 0 saturated carbocycles. The molecular weight excluding hydrogens is 262 g/mol. The summed E-state index contributed by atoms with van der Waals surface area (Å²) < 4.78 is 13.1. The summed E-state index contributed by atoms with van der Waals surface area (Å²) in [7, 11) is -0.825. The molecule has 0 amide bonds. The topological polar surface area (TPSA) is 86.7 Å². The molecule has 2 rings (SSSR count). The minimum absolute atomic E-state index is 0.538. The zero-order valence-corrected chi connectivity index (χ0v) is 11.9. The van der Waals surface area contributed by atoms with Crippen LogP contribution in [0.15, 0.2) is 18.2 Å². The molecule has 0 bridgehead atoms. The second-order valence-corrected chi connectivity index (χ2v) is 6.09. The van der Waals surface area contributed by atoms with Gasteiger partial charge in [-0.25, -0.2) is 4.68 Å². The number of aryl methyl sites for hydroxylation is 2. The number of aromatic nitrogens is 4. The van der Waals surface area contributed by atoms with Crippen LogP contribution in [-0.2, 0) is 17.3 Å². The van der Waals surface area contributed by atoms with Crippen LogP contribution in [0.25, 0.3) is 11.4 Å². The van der Waals surface area contributed by atoms with E-state index in [1.54, 1.807) is 4.68 Å². The minimum atomic E-state index is -0.825. The fourth-order valence-corrected chi connectivity index (χ4v) is 2.34. The maximum atomic E-state index is 11.5. The van der Waals surface area contributed by atoms with Gasteiger partial charge in [0.25, 0.3) is 0 Å². The van der Waals surface area contributed by atoms with E-state index in [1.165, 1.54) is 0 Å². The molecule has 1 atom stereocenters. The summed E-state index contributed by atoms with van der Waals surface area (Å²) in [5.74, 6) is 1.85. The lowest BCUT2D eigenvalue weighted by Crippen LogP contribution is -2.11. The Morgan fingerprint density at radius 3 is 2.89 bits per heavy atom. The number of nitrogens with zero attached hydrogens (tertiary/aromatic N) is 4. The third-order valence-electron chi connectivity index (χ3n) is 2.92. The highest BCUT2D eigenvalue weighted by molar-refractivity contribution is 7.84. The molecule has 0 aliphatic carbocycles. The van der Waals surface area contributed by atoms with E-state index in [2.05, 4.69) is 15.5 Å². The van der Waals surface area contributed by atoms with Crippen LogP contribution >= 0.6 is 0 Å². The predicted octanol–water partition coefficient (Wildman–Crippen LogP) is 0.999. The summed E-state index contributed by atoms with van der Waals surface area (Å²) >= 11 is 0. The summed E-state index contributed by atoms with van der Waals surface area (Å²) in [4.78, 5) is 0. The van der Waals surface area contributed by atoms with Crippen molar-refractivity contribution in [3.05, 3.63) is 23.8 Å². The standard InChI is InChI=1S/C12H17N5OS/c1-3-19(18)7-6-17-12(14-15-16-17)10-5-4-9(2)11(13)8-10/h4-5,8H,3,6-7,13H2,1-2H3.